The molecule has 1 atom stereocenters. The molecule has 9 heteroatoms. The van der Waals surface area contributed by atoms with E-state index < -0.39 is 28.4 Å². The number of ketones is 1. The van der Waals surface area contributed by atoms with Gasteiger partial charge < -0.3 is 5.11 Å². The lowest BCUT2D eigenvalue weighted by atomic mass is 9.99. The maximum absolute atomic E-state index is 13.1. The smallest absolute Gasteiger partial charge is 0.300 e. The van der Waals surface area contributed by atoms with Crippen LogP contribution in [0.15, 0.2) is 65.6 Å². The average Bonchev–Trinajstić information content (AvgIpc) is 3.37. The van der Waals surface area contributed by atoms with Crippen molar-refractivity contribution in [3.63, 3.8) is 0 Å². The Hall–Kier alpha value is -3.49. The number of Topliss-reactive ketones (excluding diaryl/α,β-unsaturated/α-hetero) is 1. The van der Waals surface area contributed by atoms with Gasteiger partial charge in [0.15, 0.2) is 0 Å². The molecule has 4 rings (SSSR count). The Morgan fingerprint density at radius 3 is 2.61 bits per heavy atom. The summed E-state index contributed by atoms with van der Waals surface area (Å²) in [7, 11) is 0. The molecule has 2 aromatic carbocycles. The van der Waals surface area contributed by atoms with Crippen LogP contribution >= 0.6 is 22.9 Å². The minimum Gasteiger partial charge on any atom is -0.507 e. The van der Waals surface area contributed by atoms with E-state index in [2.05, 4.69) is 0 Å². The van der Waals surface area contributed by atoms with Crippen molar-refractivity contribution in [1.29, 1.82) is 0 Å². The molecule has 0 radical (unpaired) electrons. The zero-order valence-electron chi connectivity index (χ0n) is 16.1. The maximum atomic E-state index is 13.1. The van der Waals surface area contributed by atoms with Crippen molar-refractivity contribution in [2.45, 2.75) is 13.0 Å². The minimum absolute atomic E-state index is 0.0802. The first kappa shape index (κ1) is 20.8. The van der Waals surface area contributed by atoms with Gasteiger partial charge >= 0.3 is 0 Å². The molecule has 1 aromatic heterocycles. The van der Waals surface area contributed by atoms with Gasteiger partial charge in [-0.15, -0.1) is 11.3 Å². The van der Waals surface area contributed by atoms with E-state index in [1.165, 1.54) is 40.5 Å². The molecule has 1 aliphatic heterocycles. The van der Waals surface area contributed by atoms with E-state index in [1.54, 1.807) is 42.6 Å². The van der Waals surface area contributed by atoms with E-state index in [-0.39, 0.29) is 16.8 Å². The molecule has 0 saturated carbocycles. The number of nitro benzene ring substituents is 1. The van der Waals surface area contributed by atoms with Gasteiger partial charge in [0, 0.05) is 33.3 Å². The molecule has 1 saturated heterocycles. The number of anilines is 1. The van der Waals surface area contributed by atoms with Crippen LogP contribution in [0, 0.1) is 17.0 Å². The number of nitrogens with zero attached hydrogens (tertiary/aromatic N) is 2. The van der Waals surface area contributed by atoms with Crippen molar-refractivity contribution in [2.24, 2.45) is 0 Å². The Morgan fingerprint density at radius 2 is 1.94 bits per heavy atom. The number of nitro groups is 1. The van der Waals surface area contributed by atoms with Gasteiger partial charge in [0.05, 0.1) is 10.5 Å². The molecule has 0 aliphatic carbocycles. The first-order valence-corrected chi connectivity index (χ1v) is 10.4. The fourth-order valence-electron chi connectivity index (χ4n) is 3.56. The van der Waals surface area contributed by atoms with Crippen molar-refractivity contribution in [3.8, 4) is 0 Å². The quantitative estimate of drug-likeness (QED) is 0.191. The van der Waals surface area contributed by atoms with Crippen molar-refractivity contribution in [1.82, 2.24) is 0 Å². The lowest BCUT2D eigenvalue weighted by Crippen LogP contribution is -2.29. The molecule has 7 nitrogen and oxygen atoms in total. The third-order valence-corrected chi connectivity index (χ3v) is 6.18. The Morgan fingerprint density at radius 1 is 1.16 bits per heavy atom. The third-order valence-electron chi connectivity index (χ3n) is 5.02. The predicted molar refractivity (Wildman–Crippen MR) is 118 cm³/mol. The van der Waals surface area contributed by atoms with E-state index in [9.17, 15) is 24.8 Å². The number of hydrogen-bond acceptors (Lipinski definition) is 6. The van der Waals surface area contributed by atoms with Crippen LogP contribution in [0.1, 0.15) is 22.0 Å². The molecule has 1 fully saturated rings. The molecular weight excluding hydrogens is 440 g/mol. The van der Waals surface area contributed by atoms with Crippen LogP contribution in [0.3, 0.4) is 0 Å². The number of non-ortho nitro benzene ring substituents is 1. The van der Waals surface area contributed by atoms with E-state index >= 15 is 0 Å². The van der Waals surface area contributed by atoms with Gasteiger partial charge in [-0.2, -0.15) is 0 Å². The van der Waals surface area contributed by atoms with Gasteiger partial charge in [-0.05, 0) is 36.1 Å². The fourth-order valence-corrected chi connectivity index (χ4v) is 4.55. The Balaban J connectivity index is 1.95. The summed E-state index contributed by atoms with van der Waals surface area (Å²) < 4.78 is 0. The molecular formula is C22H15ClN2O5S. The summed E-state index contributed by atoms with van der Waals surface area (Å²) in [5.74, 6) is -2.15. The molecule has 1 aliphatic rings. The van der Waals surface area contributed by atoms with Gasteiger partial charge in [-0.1, -0.05) is 35.9 Å². The number of amides is 1. The van der Waals surface area contributed by atoms with E-state index in [0.29, 0.717) is 15.6 Å². The number of aliphatic hydroxyl groups excluding tert-OH is 1. The van der Waals surface area contributed by atoms with Crippen LogP contribution in [0.2, 0.25) is 5.02 Å². The summed E-state index contributed by atoms with van der Waals surface area (Å²) in [6, 6.07) is 13.0. The summed E-state index contributed by atoms with van der Waals surface area (Å²) in [6.45, 7) is 1.79. The first-order chi connectivity index (χ1) is 14.8. The number of carbonyl (C=O) groups excluding carboxylic acids is 2. The second-order valence-corrected chi connectivity index (χ2v) is 8.34. The third kappa shape index (κ3) is 3.60. The van der Waals surface area contributed by atoms with E-state index in [4.69, 9.17) is 11.6 Å². The predicted octanol–water partition coefficient (Wildman–Crippen LogP) is 5.24. The Labute approximate surface area is 186 Å². The standard InChI is InChI=1S/C22H15ClN2O5S/c1-12-7-8-14(23)11-16(12)24-19(17-6-3-9-31-17)18(21(27)22(24)28)20(26)13-4-2-5-15(10-13)25(29)30/h2-11,19,26H,1H3/b20-18-. The molecule has 156 valence electrons. The van der Waals surface area contributed by atoms with Crippen molar-refractivity contribution < 1.29 is 19.6 Å². The van der Waals surface area contributed by atoms with Crippen molar-refractivity contribution >= 4 is 51.8 Å². The molecule has 0 spiro atoms. The molecule has 31 heavy (non-hydrogen) atoms. The lowest BCUT2D eigenvalue weighted by Gasteiger charge is -2.25. The van der Waals surface area contributed by atoms with Crippen LogP contribution in [0.5, 0.6) is 0 Å². The molecule has 1 unspecified atom stereocenters. The molecule has 2 heterocycles. The number of halogens is 1. The summed E-state index contributed by atoms with van der Waals surface area (Å²) in [5, 5.41) is 24.3. The lowest BCUT2D eigenvalue weighted by molar-refractivity contribution is -0.384. The van der Waals surface area contributed by atoms with E-state index in [1.807, 2.05) is 0 Å². The molecule has 3 aromatic rings. The van der Waals surface area contributed by atoms with Crippen LogP contribution in [0.4, 0.5) is 11.4 Å². The van der Waals surface area contributed by atoms with Crippen LogP contribution < -0.4 is 4.90 Å². The number of thiophene rings is 1. The zero-order chi connectivity index (χ0) is 22.3. The maximum Gasteiger partial charge on any atom is 0.300 e. The van der Waals surface area contributed by atoms with Gasteiger partial charge in [-0.3, -0.25) is 24.6 Å². The number of aryl methyl sites for hydroxylation is 1. The van der Waals surface area contributed by atoms with Gasteiger partial charge in [0.1, 0.15) is 11.8 Å². The van der Waals surface area contributed by atoms with Gasteiger partial charge in [-0.25, -0.2) is 0 Å². The number of rotatable bonds is 4. The second kappa shape index (κ2) is 7.98. The van der Waals surface area contributed by atoms with Gasteiger partial charge in [0.25, 0.3) is 17.4 Å². The highest BCUT2D eigenvalue weighted by Gasteiger charge is 2.47. The van der Waals surface area contributed by atoms with Crippen molar-refractivity contribution in [3.05, 3.63) is 96.7 Å². The van der Waals surface area contributed by atoms with Crippen molar-refractivity contribution in [2.75, 3.05) is 4.90 Å². The SMILES string of the molecule is Cc1ccc(Cl)cc1N1C(=O)C(=O)/C(=C(\O)c2cccc([N+](=O)[O-])c2)C1c1cccs1. The van der Waals surface area contributed by atoms with Crippen LogP contribution in [-0.2, 0) is 9.59 Å². The highest BCUT2D eigenvalue weighted by molar-refractivity contribution is 7.10. The fraction of sp³-hybridized carbons (Fsp3) is 0.0909. The normalized spacial score (nSPS) is 17.9. The Kier molecular flexibility index (Phi) is 5.34. The van der Waals surface area contributed by atoms with E-state index in [0.717, 1.165) is 5.56 Å². The largest absolute Gasteiger partial charge is 0.507 e. The summed E-state index contributed by atoms with van der Waals surface area (Å²) >= 11 is 7.47. The number of benzene rings is 2. The number of carbonyl (C=O) groups is 2. The second-order valence-electron chi connectivity index (χ2n) is 6.92. The molecule has 0 bridgehead atoms. The number of aliphatic hydroxyl groups is 1. The molecule has 1 amide bonds. The zero-order valence-corrected chi connectivity index (χ0v) is 17.7. The van der Waals surface area contributed by atoms with Gasteiger partial charge in [0.2, 0.25) is 0 Å². The topological polar surface area (TPSA) is 101 Å². The Bertz CT molecular complexity index is 1250. The first-order valence-electron chi connectivity index (χ1n) is 9.15. The van der Waals surface area contributed by atoms with Crippen LogP contribution in [0.25, 0.3) is 5.76 Å². The summed E-state index contributed by atoms with van der Waals surface area (Å²) in [4.78, 5) is 38.7. The minimum atomic E-state index is -0.892. The molecule has 1 N–H and O–H groups in total. The summed E-state index contributed by atoms with van der Waals surface area (Å²) in [5.41, 5.74) is 0.884. The summed E-state index contributed by atoms with van der Waals surface area (Å²) in [6.07, 6.45) is 0. The van der Waals surface area contributed by atoms with Crippen LogP contribution in [-0.4, -0.2) is 21.7 Å². The number of hydrogen-bond donors (Lipinski definition) is 1. The average molecular weight is 455 g/mol. The highest BCUT2D eigenvalue weighted by atomic mass is 35.5. The highest BCUT2D eigenvalue weighted by Crippen LogP contribution is 2.45. The monoisotopic (exact) mass is 454 g/mol.